The number of carboxylic acids is 1. The Labute approximate surface area is 84.4 Å². The first-order chi connectivity index (χ1) is 6.61. The first kappa shape index (κ1) is 9.97. The van der Waals surface area contributed by atoms with Crippen molar-refractivity contribution in [2.24, 2.45) is 17.8 Å². The highest BCUT2D eigenvalue weighted by Gasteiger charge is 2.47. The van der Waals surface area contributed by atoms with Crippen LogP contribution in [0.25, 0.3) is 0 Å². The van der Waals surface area contributed by atoms with Gasteiger partial charge in [-0.25, -0.2) is 0 Å². The number of aliphatic carboxylic acids is 1. The molecule has 1 aliphatic heterocycles. The van der Waals surface area contributed by atoms with Gasteiger partial charge in [-0.3, -0.25) is 4.79 Å². The normalized spacial score (nSPS) is 47.4. The number of carbonyl (C=O) groups is 1. The molecule has 1 saturated heterocycles. The topological polar surface area (TPSA) is 46.5 Å². The quantitative estimate of drug-likeness (QED) is 0.700. The summed E-state index contributed by atoms with van der Waals surface area (Å²) >= 11 is 0. The number of ether oxygens (including phenoxy) is 1. The van der Waals surface area contributed by atoms with Gasteiger partial charge >= 0.3 is 5.97 Å². The van der Waals surface area contributed by atoms with Gasteiger partial charge < -0.3 is 9.84 Å². The third-order valence-corrected chi connectivity index (χ3v) is 3.95. The molecule has 3 heteroatoms. The average molecular weight is 198 g/mol. The van der Waals surface area contributed by atoms with Crippen molar-refractivity contribution in [2.75, 3.05) is 0 Å². The summed E-state index contributed by atoms with van der Waals surface area (Å²) in [5, 5.41) is 9.13. The van der Waals surface area contributed by atoms with E-state index < -0.39 is 5.97 Å². The van der Waals surface area contributed by atoms with E-state index in [4.69, 9.17) is 9.84 Å². The maximum absolute atomic E-state index is 11.1. The number of fused-ring (bicyclic) bond motifs is 1. The first-order valence-electron chi connectivity index (χ1n) is 5.49. The van der Waals surface area contributed by atoms with Crippen LogP contribution in [-0.2, 0) is 9.53 Å². The molecule has 0 amide bonds. The number of carboxylic acid groups (broad SMARTS) is 1. The molecule has 0 unspecified atom stereocenters. The van der Waals surface area contributed by atoms with Crippen molar-refractivity contribution >= 4 is 5.97 Å². The van der Waals surface area contributed by atoms with Crippen molar-refractivity contribution in [3.8, 4) is 0 Å². The lowest BCUT2D eigenvalue weighted by atomic mass is 9.72. The van der Waals surface area contributed by atoms with E-state index in [0.29, 0.717) is 5.92 Å². The van der Waals surface area contributed by atoms with E-state index in [2.05, 4.69) is 13.8 Å². The van der Waals surface area contributed by atoms with Crippen LogP contribution >= 0.6 is 0 Å². The summed E-state index contributed by atoms with van der Waals surface area (Å²) < 4.78 is 5.79. The number of rotatable bonds is 1. The summed E-state index contributed by atoms with van der Waals surface area (Å²) in [5.74, 6) is -0.171. The number of hydrogen-bond acceptors (Lipinski definition) is 2. The second kappa shape index (κ2) is 3.54. The molecule has 5 atom stereocenters. The van der Waals surface area contributed by atoms with Crippen LogP contribution in [0.5, 0.6) is 0 Å². The van der Waals surface area contributed by atoms with Crippen LogP contribution in [0.2, 0.25) is 0 Å². The summed E-state index contributed by atoms with van der Waals surface area (Å²) in [6.45, 7) is 4.18. The standard InChI is InChI=1S/C11H18O3/c1-6-7(2)14-9-5-3-4-8(10(6)9)11(12)13/h6-10H,3-5H2,1-2H3,(H,12,13)/t6-,7-,8-,9-,10+/m1/s1. The maximum atomic E-state index is 11.1. The SMILES string of the molecule is C[C@H]1[C@@H]2[C@@H](CCC[C@H]2C(=O)O)O[C@@H]1C. The fourth-order valence-corrected chi connectivity index (χ4v) is 3.05. The van der Waals surface area contributed by atoms with Crippen LogP contribution in [0.4, 0.5) is 0 Å². The van der Waals surface area contributed by atoms with Crippen LogP contribution < -0.4 is 0 Å². The van der Waals surface area contributed by atoms with E-state index in [1.807, 2.05) is 0 Å². The van der Waals surface area contributed by atoms with Gasteiger partial charge in [0.05, 0.1) is 18.1 Å². The third kappa shape index (κ3) is 1.44. The molecule has 0 bridgehead atoms. The van der Waals surface area contributed by atoms with Gasteiger partial charge in [-0.2, -0.15) is 0 Å². The van der Waals surface area contributed by atoms with E-state index in [9.17, 15) is 4.79 Å². The first-order valence-corrected chi connectivity index (χ1v) is 5.49. The lowest BCUT2D eigenvalue weighted by Crippen LogP contribution is -2.36. The Bertz CT molecular complexity index is 239. The van der Waals surface area contributed by atoms with E-state index in [0.717, 1.165) is 19.3 Å². The van der Waals surface area contributed by atoms with Crippen molar-refractivity contribution < 1.29 is 14.6 Å². The minimum absolute atomic E-state index is 0.173. The van der Waals surface area contributed by atoms with Gasteiger partial charge in [-0.05, 0) is 32.1 Å². The van der Waals surface area contributed by atoms with Crippen molar-refractivity contribution in [3.05, 3.63) is 0 Å². The molecule has 14 heavy (non-hydrogen) atoms. The van der Waals surface area contributed by atoms with Gasteiger partial charge in [0.15, 0.2) is 0 Å². The zero-order valence-corrected chi connectivity index (χ0v) is 8.77. The lowest BCUT2D eigenvalue weighted by Gasteiger charge is -2.31. The van der Waals surface area contributed by atoms with Crippen molar-refractivity contribution in [1.82, 2.24) is 0 Å². The molecule has 80 valence electrons. The Kier molecular flexibility index (Phi) is 2.52. The zero-order chi connectivity index (χ0) is 10.3. The van der Waals surface area contributed by atoms with Crippen LogP contribution in [0.3, 0.4) is 0 Å². The van der Waals surface area contributed by atoms with Gasteiger partial charge in [-0.15, -0.1) is 0 Å². The summed E-state index contributed by atoms with van der Waals surface area (Å²) in [6, 6.07) is 0. The van der Waals surface area contributed by atoms with Gasteiger partial charge in [-0.1, -0.05) is 6.92 Å². The zero-order valence-electron chi connectivity index (χ0n) is 8.77. The molecule has 2 rings (SSSR count). The minimum Gasteiger partial charge on any atom is -0.481 e. The molecule has 0 aromatic heterocycles. The molecule has 1 saturated carbocycles. The van der Waals surface area contributed by atoms with E-state index in [1.165, 1.54) is 0 Å². The van der Waals surface area contributed by atoms with Crippen molar-refractivity contribution in [2.45, 2.75) is 45.3 Å². The molecule has 2 fully saturated rings. The summed E-state index contributed by atoms with van der Waals surface area (Å²) in [5.41, 5.74) is 0. The largest absolute Gasteiger partial charge is 0.481 e. The Morgan fingerprint density at radius 1 is 1.36 bits per heavy atom. The van der Waals surface area contributed by atoms with Crippen LogP contribution in [-0.4, -0.2) is 23.3 Å². The smallest absolute Gasteiger partial charge is 0.306 e. The summed E-state index contributed by atoms with van der Waals surface area (Å²) in [7, 11) is 0. The molecule has 3 nitrogen and oxygen atoms in total. The van der Waals surface area contributed by atoms with E-state index in [1.54, 1.807) is 0 Å². The predicted molar refractivity (Wildman–Crippen MR) is 52.0 cm³/mol. The van der Waals surface area contributed by atoms with E-state index in [-0.39, 0.29) is 24.0 Å². The molecule has 0 radical (unpaired) electrons. The Morgan fingerprint density at radius 3 is 2.71 bits per heavy atom. The van der Waals surface area contributed by atoms with Gasteiger partial charge in [0.25, 0.3) is 0 Å². The highest BCUT2D eigenvalue weighted by molar-refractivity contribution is 5.70. The van der Waals surface area contributed by atoms with Crippen molar-refractivity contribution in [1.29, 1.82) is 0 Å². The molecule has 0 aromatic rings. The second-order valence-electron chi connectivity index (χ2n) is 4.69. The molecular formula is C11H18O3. The van der Waals surface area contributed by atoms with Crippen LogP contribution in [0, 0.1) is 17.8 Å². The molecule has 1 aliphatic carbocycles. The third-order valence-electron chi connectivity index (χ3n) is 3.95. The van der Waals surface area contributed by atoms with Gasteiger partial charge in [0.2, 0.25) is 0 Å². The molecule has 0 spiro atoms. The monoisotopic (exact) mass is 198 g/mol. The average Bonchev–Trinajstić information content (AvgIpc) is 2.43. The lowest BCUT2D eigenvalue weighted by molar-refractivity contribution is -0.146. The van der Waals surface area contributed by atoms with Gasteiger partial charge in [0, 0.05) is 5.92 Å². The second-order valence-corrected chi connectivity index (χ2v) is 4.69. The fourth-order valence-electron chi connectivity index (χ4n) is 3.05. The van der Waals surface area contributed by atoms with Crippen molar-refractivity contribution in [3.63, 3.8) is 0 Å². The molecule has 2 aliphatic rings. The summed E-state index contributed by atoms with van der Waals surface area (Å²) in [6.07, 6.45) is 3.30. The minimum atomic E-state index is -0.635. The van der Waals surface area contributed by atoms with Crippen LogP contribution in [0.1, 0.15) is 33.1 Å². The predicted octanol–water partition coefficient (Wildman–Crippen LogP) is 1.91. The fraction of sp³-hybridized carbons (Fsp3) is 0.909. The molecule has 0 aromatic carbocycles. The van der Waals surface area contributed by atoms with E-state index >= 15 is 0 Å². The highest BCUT2D eigenvalue weighted by atomic mass is 16.5. The summed E-state index contributed by atoms with van der Waals surface area (Å²) in [4.78, 5) is 11.1. The molecular weight excluding hydrogens is 180 g/mol. The Balaban J connectivity index is 2.18. The molecule has 1 N–H and O–H groups in total. The van der Waals surface area contributed by atoms with Crippen LogP contribution in [0.15, 0.2) is 0 Å². The Hall–Kier alpha value is -0.570. The Morgan fingerprint density at radius 2 is 2.07 bits per heavy atom. The van der Waals surface area contributed by atoms with Gasteiger partial charge in [0.1, 0.15) is 0 Å². The number of hydrogen-bond donors (Lipinski definition) is 1. The maximum Gasteiger partial charge on any atom is 0.306 e. The molecule has 1 heterocycles. The highest BCUT2D eigenvalue weighted by Crippen LogP contribution is 2.44.